The first kappa shape index (κ1) is 22.3. The molecule has 1 saturated heterocycles. The Morgan fingerprint density at radius 1 is 1.12 bits per heavy atom. The molecule has 0 atom stereocenters. The lowest BCUT2D eigenvalue weighted by atomic mass is 10.1. The zero-order chi connectivity index (χ0) is 22.3. The van der Waals surface area contributed by atoms with Crippen LogP contribution < -0.4 is 10.1 Å². The Balaban J connectivity index is 1.47. The summed E-state index contributed by atoms with van der Waals surface area (Å²) in [6, 6.07) is 13.7. The number of hydrogen-bond acceptors (Lipinski definition) is 4. The van der Waals surface area contributed by atoms with Gasteiger partial charge in [0.15, 0.2) is 6.61 Å². The second-order valence-electron chi connectivity index (χ2n) is 8.68. The molecule has 0 spiro atoms. The van der Waals surface area contributed by atoms with Crippen molar-refractivity contribution in [1.29, 1.82) is 0 Å². The van der Waals surface area contributed by atoms with Crippen LogP contribution in [0.15, 0.2) is 42.5 Å². The highest BCUT2D eigenvalue weighted by molar-refractivity contribution is 5.94. The van der Waals surface area contributed by atoms with E-state index < -0.39 is 0 Å². The molecular weight excluding hydrogens is 400 g/mol. The summed E-state index contributed by atoms with van der Waals surface area (Å²) >= 11 is 0. The Bertz CT molecular complexity index is 1050. The molecule has 2 heterocycles. The van der Waals surface area contributed by atoms with Crippen molar-refractivity contribution in [2.75, 3.05) is 25.0 Å². The van der Waals surface area contributed by atoms with Crippen LogP contribution in [0.5, 0.6) is 5.75 Å². The summed E-state index contributed by atoms with van der Waals surface area (Å²) in [5, 5.41) is 2.95. The Hall–Kier alpha value is -2.86. The number of nitrogens with one attached hydrogen (secondary N) is 1. The molecular formula is C26H34N4O2. The van der Waals surface area contributed by atoms with Gasteiger partial charge in [0.05, 0.1) is 17.6 Å². The van der Waals surface area contributed by atoms with Crippen LogP contribution in [0.1, 0.15) is 50.4 Å². The average molecular weight is 435 g/mol. The molecule has 4 rings (SSSR count). The molecule has 3 aromatic rings. The topological polar surface area (TPSA) is 59.4 Å². The predicted molar refractivity (Wildman–Crippen MR) is 129 cm³/mol. The van der Waals surface area contributed by atoms with E-state index in [9.17, 15) is 4.79 Å². The third-order valence-electron chi connectivity index (χ3n) is 6.11. The van der Waals surface area contributed by atoms with Crippen molar-refractivity contribution in [2.24, 2.45) is 0 Å². The number of likely N-dealkylation sites (tertiary alicyclic amines) is 1. The fourth-order valence-corrected chi connectivity index (χ4v) is 4.32. The molecule has 0 aliphatic carbocycles. The van der Waals surface area contributed by atoms with Crippen LogP contribution in [0, 0.1) is 6.92 Å². The molecule has 0 unspecified atom stereocenters. The van der Waals surface area contributed by atoms with Gasteiger partial charge in [0, 0.05) is 12.2 Å². The third kappa shape index (κ3) is 5.49. The van der Waals surface area contributed by atoms with Gasteiger partial charge >= 0.3 is 0 Å². The summed E-state index contributed by atoms with van der Waals surface area (Å²) in [7, 11) is 0. The number of imidazole rings is 1. The number of aryl methyl sites for hydroxylation is 2. The largest absolute Gasteiger partial charge is 0.483 e. The number of carbonyl (C=O) groups is 1. The minimum absolute atomic E-state index is 0.0198. The fraction of sp³-hybridized carbons (Fsp3) is 0.462. The van der Waals surface area contributed by atoms with Crippen molar-refractivity contribution >= 4 is 22.6 Å². The number of benzene rings is 2. The molecule has 1 aliphatic heterocycles. The number of aromatic nitrogens is 2. The molecule has 170 valence electrons. The lowest BCUT2D eigenvalue weighted by Gasteiger charge is -2.26. The maximum atomic E-state index is 12.4. The van der Waals surface area contributed by atoms with Gasteiger partial charge in [-0.05, 0) is 69.1 Å². The molecule has 1 aliphatic rings. The number of piperidine rings is 1. The summed E-state index contributed by atoms with van der Waals surface area (Å²) in [5.74, 6) is 1.68. The molecule has 1 amide bonds. The summed E-state index contributed by atoms with van der Waals surface area (Å²) in [6.07, 6.45) is 6.16. The smallest absolute Gasteiger partial charge is 0.262 e. The first-order chi connectivity index (χ1) is 15.6. The standard InChI is InChI=1S/C26H34N4O2/c1-3-4-16-30-23-13-12-21(27-26(31)19-32-24-11-7-6-10-20(24)2)17-22(23)28-25(30)18-29-14-8-5-9-15-29/h6-7,10-13,17H,3-5,8-9,14-16,18-19H2,1-2H3,(H,27,31). The average Bonchev–Trinajstić information content (AvgIpc) is 3.13. The van der Waals surface area contributed by atoms with E-state index in [1.807, 2.05) is 43.3 Å². The number of anilines is 1. The van der Waals surface area contributed by atoms with E-state index in [2.05, 4.69) is 27.8 Å². The normalized spacial score (nSPS) is 14.6. The number of ether oxygens (including phenoxy) is 1. The van der Waals surface area contributed by atoms with Crippen molar-refractivity contribution in [3.05, 3.63) is 53.9 Å². The maximum absolute atomic E-state index is 12.4. The zero-order valence-corrected chi connectivity index (χ0v) is 19.3. The number of fused-ring (bicyclic) bond motifs is 1. The predicted octanol–water partition coefficient (Wildman–Crippen LogP) is 5.15. The second-order valence-corrected chi connectivity index (χ2v) is 8.68. The van der Waals surface area contributed by atoms with Crippen LogP contribution >= 0.6 is 0 Å². The van der Waals surface area contributed by atoms with Crippen molar-refractivity contribution < 1.29 is 9.53 Å². The van der Waals surface area contributed by atoms with Gasteiger partial charge in [-0.15, -0.1) is 0 Å². The molecule has 1 aromatic heterocycles. The quantitative estimate of drug-likeness (QED) is 0.506. The molecule has 0 radical (unpaired) electrons. The van der Waals surface area contributed by atoms with Gasteiger partial charge < -0.3 is 14.6 Å². The highest BCUT2D eigenvalue weighted by Gasteiger charge is 2.17. The minimum Gasteiger partial charge on any atom is -0.483 e. The van der Waals surface area contributed by atoms with E-state index >= 15 is 0 Å². The number of unbranched alkanes of at least 4 members (excludes halogenated alkanes) is 1. The van der Waals surface area contributed by atoms with E-state index in [1.165, 1.54) is 19.3 Å². The van der Waals surface area contributed by atoms with E-state index in [1.54, 1.807) is 0 Å². The van der Waals surface area contributed by atoms with Gasteiger partial charge in [0.25, 0.3) is 5.91 Å². The summed E-state index contributed by atoms with van der Waals surface area (Å²) in [4.78, 5) is 19.9. The monoisotopic (exact) mass is 434 g/mol. The van der Waals surface area contributed by atoms with Gasteiger partial charge in [-0.1, -0.05) is 38.0 Å². The molecule has 6 nitrogen and oxygen atoms in total. The molecule has 0 bridgehead atoms. The van der Waals surface area contributed by atoms with E-state index in [-0.39, 0.29) is 12.5 Å². The molecule has 0 saturated carbocycles. The van der Waals surface area contributed by atoms with Crippen LogP contribution in [0.25, 0.3) is 11.0 Å². The summed E-state index contributed by atoms with van der Waals surface area (Å²) in [5.41, 5.74) is 3.84. The lowest BCUT2D eigenvalue weighted by molar-refractivity contribution is -0.118. The van der Waals surface area contributed by atoms with Crippen molar-refractivity contribution in [2.45, 2.75) is 59.0 Å². The minimum atomic E-state index is -0.174. The molecule has 32 heavy (non-hydrogen) atoms. The molecule has 2 aromatic carbocycles. The maximum Gasteiger partial charge on any atom is 0.262 e. The Kier molecular flexibility index (Phi) is 7.43. The van der Waals surface area contributed by atoms with Crippen molar-refractivity contribution in [3.63, 3.8) is 0 Å². The highest BCUT2D eigenvalue weighted by atomic mass is 16.5. The zero-order valence-electron chi connectivity index (χ0n) is 19.3. The lowest BCUT2D eigenvalue weighted by Crippen LogP contribution is -2.30. The Morgan fingerprint density at radius 3 is 2.72 bits per heavy atom. The van der Waals surface area contributed by atoms with Gasteiger partial charge in [0.2, 0.25) is 0 Å². The SMILES string of the molecule is CCCCn1c(CN2CCCCC2)nc2cc(NC(=O)COc3ccccc3C)ccc21. The Labute approximate surface area is 190 Å². The van der Waals surface area contributed by atoms with Crippen molar-refractivity contribution in [3.8, 4) is 5.75 Å². The van der Waals surface area contributed by atoms with Crippen LogP contribution in [-0.2, 0) is 17.9 Å². The number of hydrogen-bond donors (Lipinski definition) is 1. The third-order valence-corrected chi connectivity index (χ3v) is 6.11. The van der Waals surface area contributed by atoms with Crippen LogP contribution in [0.3, 0.4) is 0 Å². The summed E-state index contributed by atoms with van der Waals surface area (Å²) < 4.78 is 8.03. The number of rotatable bonds is 9. The van der Waals surface area contributed by atoms with Crippen LogP contribution in [0.4, 0.5) is 5.69 Å². The van der Waals surface area contributed by atoms with E-state index in [0.717, 1.165) is 72.9 Å². The number of carbonyl (C=O) groups excluding carboxylic acids is 1. The van der Waals surface area contributed by atoms with Gasteiger partial charge in [-0.2, -0.15) is 0 Å². The van der Waals surface area contributed by atoms with Crippen molar-refractivity contribution in [1.82, 2.24) is 14.5 Å². The van der Waals surface area contributed by atoms with Crippen LogP contribution in [0.2, 0.25) is 0 Å². The van der Waals surface area contributed by atoms with E-state index in [0.29, 0.717) is 0 Å². The van der Waals surface area contributed by atoms with Crippen LogP contribution in [-0.4, -0.2) is 40.1 Å². The number of amides is 1. The first-order valence-electron chi connectivity index (χ1n) is 11.8. The first-order valence-corrected chi connectivity index (χ1v) is 11.8. The van der Waals surface area contributed by atoms with Gasteiger partial charge in [-0.3, -0.25) is 9.69 Å². The molecule has 1 fully saturated rings. The highest BCUT2D eigenvalue weighted by Crippen LogP contribution is 2.23. The fourth-order valence-electron chi connectivity index (χ4n) is 4.32. The molecule has 6 heteroatoms. The summed E-state index contributed by atoms with van der Waals surface area (Å²) in [6.45, 7) is 8.34. The van der Waals surface area contributed by atoms with Gasteiger partial charge in [0.1, 0.15) is 11.6 Å². The Morgan fingerprint density at radius 2 is 1.94 bits per heavy atom. The number of nitrogens with zero attached hydrogens (tertiary/aromatic N) is 3. The number of para-hydroxylation sites is 1. The van der Waals surface area contributed by atoms with Gasteiger partial charge in [-0.25, -0.2) is 4.98 Å². The second kappa shape index (κ2) is 10.6. The molecule has 1 N–H and O–H groups in total. The van der Waals surface area contributed by atoms with E-state index in [4.69, 9.17) is 9.72 Å².